The lowest BCUT2D eigenvalue weighted by Gasteiger charge is -2.43. The number of ether oxygens (including phenoxy) is 2. The van der Waals surface area contributed by atoms with Gasteiger partial charge >= 0.3 is 11.9 Å². The smallest absolute Gasteiger partial charge is 0.317 e. The summed E-state index contributed by atoms with van der Waals surface area (Å²) in [6.45, 7) is 11.8. The van der Waals surface area contributed by atoms with Gasteiger partial charge in [0.15, 0.2) is 5.78 Å². The zero-order valence-electron chi connectivity index (χ0n) is 19.5. The van der Waals surface area contributed by atoms with Crippen LogP contribution in [-0.2, 0) is 23.9 Å². The summed E-state index contributed by atoms with van der Waals surface area (Å²) in [7, 11) is 0. The predicted octanol–water partition coefficient (Wildman–Crippen LogP) is 3.96. The Kier molecular flexibility index (Phi) is 7.16. The van der Waals surface area contributed by atoms with Crippen molar-refractivity contribution >= 4 is 23.8 Å². The maximum atomic E-state index is 13.1. The van der Waals surface area contributed by atoms with Crippen LogP contribution in [0.5, 0.6) is 0 Å². The Morgan fingerprint density at radius 1 is 1.00 bits per heavy atom. The zero-order valence-corrected chi connectivity index (χ0v) is 19.5. The third-order valence-corrected chi connectivity index (χ3v) is 4.95. The lowest BCUT2D eigenvalue weighted by molar-refractivity contribution is -0.184. The Morgan fingerprint density at radius 2 is 1.52 bits per heavy atom. The highest BCUT2D eigenvalue weighted by atomic mass is 16.6. The average molecular weight is 431 g/mol. The Balaban J connectivity index is 2.54. The molecule has 6 nitrogen and oxygen atoms in total. The molecule has 0 unspecified atom stereocenters. The summed E-state index contributed by atoms with van der Waals surface area (Å²) in [6.07, 6.45) is 3.05. The Labute approximate surface area is 184 Å². The quantitative estimate of drug-likeness (QED) is 0.575. The minimum atomic E-state index is -1.66. The number of benzene rings is 1. The number of hydrogen-bond donors (Lipinski definition) is 1. The van der Waals surface area contributed by atoms with Crippen molar-refractivity contribution in [3.8, 4) is 0 Å². The molecular formula is C25H34O6. The average Bonchev–Trinajstić information content (AvgIpc) is 2.56. The van der Waals surface area contributed by atoms with Gasteiger partial charge in [-0.05, 0) is 54.0 Å². The highest BCUT2D eigenvalue weighted by molar-refractivity contribution is 6.02. The van der Waals surface area contributed by atoms with Crippen molar-refractivity contribution in [2.45, 2.75) is 71.7 Å². The second-order valence-electron chi connectivity index (χ2n) is 10.4. The fourth-order valence-corrected chi connectivity index (χ4v) is 3.83. The van der Waals surface area contributed by atoms with E-state index in [2.05, 4.69) is 0 Å². The van der Waals surface area contributed by atoms with E-state index in [9.17, 15) is 19.5 Å². The standard InChI is InChI=1S/C25H34O6/c1-23(2,3)30-21(27)19-17(14-13-16-11-9-8-10-12-16)20(22(28)31-24(4,5)6)25(7,29)15-18(19)26/h8-14,17,19-20,29H,15H2,1-7H3/b14-13+/t17-,19+,20+,25+/m1/s1. The summed E-state index contributed by atoms with van der Waals surface area (Å²) >= 11 is 0. The Morgan fingerprint density at radius 3 is 2.03 bits per heavy atom. The molecule has 0 aromatic heterocycles. The molecule has 1 N–H and O–H groups in total. The van der Waals surface area contributed by atoms with Crippen LogP contribution in [0.3, 0.4) is 0 Å². The molecule has 1 aromatic rings. The maximum absolute atomic E-state index is 13.1. The van der Waals surface area contributed by atoms with Gasteiger partial charge in [0.25, 0.3) is 0 Å². The summed E-state index contributed by atoms with van der Waals surface area (Å²) in [5.41, 5.74) is -2.41. The lowest BCUT2D eigenvalue weighted by atomic mass is 9.63. The van der Waals surface area contributed by atoms with Crippen molar-refractivity contribution in [2.75, 3.05) is 0 Å². The minimum Gasteiger partial charge on any atom is -0.460 e. The first kappa shape index (κ1) is 24.8. The van der Waals surface area contributed by atoms with Gasteiger partial charge in [-0.2, -0.15) is 0 Å². The van der Waals surface area contributed by atoms with E-state index >= 15 is 0 Å². The van der Waals surface area contributed by atoms with Crippen LogP contribution in [0, 0.1) is 17.8 Å². The van der Waals surface area contributed by atoms with Crippen molar-refractivity contribution in [2.24, 2.45) is 17.8 Å². The monoisotopic (exact) mass is 430 g/mol. The molecule has 1 fully saturated rings. The number of carbonyl (C=O) groups is 3. The number of hydrogen-bond acceptors (Lipinski definition) is 6. The van der Waals surface area contributed by atoms with Crippen LogP contribution in [0.1, 0.15) is 60.5 Å². The van der Waals surface area contributed by atoms with Gasteiger partial charge < -0.3 is 14.6 Å². The molecule has 31 heavy (non-hydrogen) atoms. The van der Waals surface area contributed by atoms with Crippen LogP contribution in [0.2, 0.25) is 0 Å². The SMILES string of the molecule is CC(C)(C)OC(=O)[C@@H]1C(=O)C[C@](C)(O)[C@H](C(=O)OC(C)(C)C)[C@@H]1/C=C/c1ccccc1. The van der Waals surface area contributed by atoms with E-state index in [4.69, 9.17) is 9.47 Å². The summed E-state index contributed by atoms with van der Waals surface area (Å²) < 4.78 is 11.1. The number of Topliss-reactive ketones (excluding diaryl/α,β-unsaturated/α-hetero) is 1. The first-order valence-electron chi connectivity index (χ1n) is 10.5. The molecule has 4 atom stereocenters. The Bertz CT molecular complexity index is 839. The van der Waals surface area contributed by atoms with Crippen molar-refractivity contribution in [1.29, 1.82) is 0 Å². The highest BCUT2D eigenvalue weighted by Gasteiger charge is 2.56. The molecule has 0 spiro atoms. The highest BCUT2D eigenvalue weighted by Crippen LogP contribution is 2.43. The van der Waals surface area contributed by atoms with Crippen molar-refractivity contribution in [1.82, 2.24) is 0 Å². The zero-order chi connectivity index (χ0) is 23.6. The van der Waals surface area contributed by atoms with E-state index in [0.29, 0.717) is 0 Å². The molecule has 0 radical (unpaired) electrons. The molecule has 0 heterocycles. The molecule has 0 aliphatic heterocycles. The molecule has 0 amide bonds. The minimum absolute atomic E-state index is 0.337. The van der Waals surface area contributed by atoms with E-state index in [1.165, 1.54) is 6.92 Å². The molecule has 6 heteroatoms. The van der Waals surface area contributed by atoms with Gasteiger partial charge in [0.2, 0.25) is 0 Å². The van der Waals surface area contributed by atoms with E-state index in [1.807, 2.05) is 30.3 Å². The molecule has 1 aliphatic carbocycles. The number of esters is 2. The van der Waals surface area contributed by atoms with Crippen LogP contribution in [0.25, 0.3) is 6.08 Å². The molecule has 2 rings (SSSR count). The van der Waals surface area contributed by atoms with Gasteiger partial charge in [-0.15, -0.1) is 0 Å². The summed E-state index contributed by atoms with van der Waals surface area (Å²) in [5, 5.41) is 11.1. The van der Waals surface area contributed by atoms with Crippen LogP contribution in [0.4, 0.5) is 0 Å². The normalized spacial score (nSPS) is 27.2. The van der Waals surface area contributed by atoms with Crippen molar-refractivity contribution < 1.29 is 29.0 Å². The molecule has 170 valence electrons. The number of rotatable bonds is 4. The first-order chi connectivity index (χ1) is 14.1. The molecule has 1 saturated carbocycles. The second-order valence-corrected chi connectivity index (χ2v) is 10.4. The van der Waals surface area contributed by atoms with Gasteiger partial charge in [0.05, 0.1) is 11.5 Å². The topological polar surface area (TPSA) is 89.9 Å². The van der Waals surface area contributed by atoms with Crippen molar-refractivity contribution in [3.63, 3.8) is 0 Å². The third-order valence-electron chi connectivity index (χ3n) is 4.95. The van der Waals surface area contributed by atoms with E-state index in [1.54, 1.807) is 53.7 Å². The van der Waals surface area contributed by atoms with Crippen molar-refractivity contribution in [3.05, 3.63) is 42.0 Å². The van der Waals surface area contributed by atoms with E-state index in [-0.39, 0.29) is 6.42 Å². The van der Waals surface area contributed by atoms with Gasteiger partial charge in [0, 0.05) is 12.3 Å². The molecule has 0 saturated heterocycles. The van der Waals surface area contributed by atoms with E-state index in [0.717, 1.165) is 5.56 Å². The predicted molar refractivity (Wildman–Crippen MR) is 118 cm³/mol. The van der Waals surface area contributed by atoms with Crippen LogP contribution >= 0.6 is 0 Å². The Hall–Kier alpha value is -2.47. The van der Waals surface area contributed by atoms with Crippen LogP contribution < -0.4 is 0 Å². The van der Waals surface area contributed by atoms with Gasteiger partial charge in [-0.25, -0.2) is 0 Å². The second kappa shape index (κ2) is 8.95. The summed E-state index contributed by atoms with van der Waals surface area (Å²) in [4.78, 5) is 39.1. The van der Waals surface area contributed by atoms with Gasteiger partial charge in [0.1, 0.15) is 17.1 Å². The number of allylic oxidation sites excluding steroid dienone is 1. The molecular weight excluding hydrogens is 396 g/mol. The largest absolute Gasteiger partial charge is 0.460 e. The van der Waals surface area contributed by atoms with Gasteiger partial charge in [-0.1, -0.05) is 42.5 Å². The molecule has 0 bridgehead atoms. The fraction of sp³-hybridized carbons (Fsp3) is 0.560. The van der Waals surface area contributed by atoms with Crippen LogP contribution in [0.15, 0.2) is 36.4 Å². The maximum Gasteiger partial charge on any atom is 0.317 e. The fourth-order valence-electron chi connectivity index (χ4n) is 3.83. The summed E-state index contributed by atoms with van der Waals surface area (Å²) in [6, 6.07) is 9.32. The van der Waals surface area contributed by atoms with Crippen LogP contribution in [-0.4, -0.2) is 39.6 Å². The number of ketones is 1. The lowest BCUT2D eigenvalue weighted by Crippen LogP contribution is -2.57. The first-order valence-corrected chi connectivity index (χ1v) is 10.5. The van der Waals surface area contributed by atoms with E-state index < -0.39 is 52.3 Å². The number of aliphatic hydroxyl groups is 1. The third kappa shape index (κ3) is 6.76. The number of carbonyl (C=O) groups excluding carboxylic acids is 3. The molecule has 1 aromatic carbocycles. The van der Waals surface area contributed by atoms with Gasteiger partial charge in [-0.3, -0.25) is 14.4 Å². The molecule has 1 aliphatic rings. The summed E-state index contributed by atoms with van der Waals surface area (Å²) in [5.74, 6) is -5.05.